The second-order valence-electron chi connectivity index (χ2n) is 24.1. The van der Waals surface area contributed by atoms with Crippen molar-refractivity contribution in [1.82, 2.24) is 0 Å². The molecule has 10 heteroatoms. The van der Waals surface area contributed by atoms with Crippen LogP contribution in [0.4, 0.5) is 88.9 Å². The minimum absolute atomic E-state index is 0.348. The summed E-state index contributed by atoms with van der Waals surface area (Å²) in [6, 6.07) is 83.1. The van der Waals surface area contributed by atoms with Crippen LogP contribution in [0, 0.1) is 20.8 Å². The van der Waals surface area contributed by atoms with Gasteiger partial charge in [0.15, 0.2) is 0 Å². The van der Waals surface area contributed by atoms with Gasteiger partial charge in [-0.3, -0.25) is 0 Å². The average Bonchev–Trinajstić information content (AvgIpc) is 0.719. The van der Waals surface area contributed by atoms with E-state index in [1.54, 1.807) is 12.2 Å². The van der Waals surface area contributed by atoms with E-state index >= 15 is 26.3 Å². The number of hydrogen-bond acceptors (Lipinski definition) is 4. The zero-order valence-corrected chi connectivity index (χ0v) is 53.0. The van der Waals surface area contributed by atoms with E-state index in [2.05, 4.69) is 129 Å². The first-order chi connectivity index (χ1) is 45.3. The topological polar surface area (TPSA) is 13.0 Å². The highest BCUT2D eigenvalue weighted by Gasteiger charge is 2.72. The number of rotatable bonds is 18. The van der Waals surface area contributed by atoms with Crippen LogP contribution < -0.4 is 19.6 Å². The summed E-state index contributed by atoms with van der Waals surface area (Å²) in [5.41, 5.74) is 11.4. The van der Waals surface area contributed by atoms with Crippen molar-refractivity contribution in [3.63, 3.8) is 0 Å². The molecule has 0 aliphatic heterocycles. The Hall–Kier alpha value is -10.8. The van der Waals surface area contributed by atoms with Crippen LogP contribution in [0.3, 0.4) is 0 Å². The summed E-state index contributed by atoms with van der Waals surface area (Å²) in [6.45, 7) is 18.3. The van der Waals surface area contributed by atoms with Gasteiger partial charge in [-0.15, -0.1) is 0 Å². The van der Waals surface area contributed by atoms with Crippen molar-refractivity contribution >= 4 is 74.7 Å². The molecule has 0 spiro atoms. The van der Waals surface area contributed by atoms with Gasteiger partial charge in [0.2, 0.25) is 5.41 Å². The molecule has 11 aromatic carbocycles. The van der Waals surface area contributed by atoms with Crippen molar-refractivity contribution < 1.29 is 26.3 Å². The SMILES string of the molecule is C=Cc1ccc(N(c2ccc(C(c3ccc(N(c4ccc(C=C)cc4)c4ccc(C5(C)CC=C(N(c6ccccc6)c6ccccc6)C=C5C)c(C)c4)cc3)(C(F)(F)F)C(F)(F)F)cc2)c2ccc(-c3ccc(N(c4ccccc4)c4ccccc4)cc3C)c(C)c2)cc1. The van der Waals surface area contributed by atoms with Crippen LogP contribution in [0.1, 0.15) is 64.8 Å². The van der Waals surface area contributed by atoms with E-state index < -0.39 is 34.3 Å². The zero-order chi connectivity index (χ0) is 65.9. The zero-order valence-electron chi connectivity index (χ0n) is 53.0. The molecule has 12 rings (SSSR count). The van der Waals surface area contributed by atoms with Gasteiger partial charge in [0, 0.05) is 73.7 Å². The van der Waals surface area contributed by atoms with Crippen LogP contribution >= 0.6 is 0 Å². The standard InChI is InChI=1S/C84H70F6N4/c1-8-62-30-38-70(39-31-62)93(75-47-50-79(59(4)55-75)78-49-46-74(54-58(78)3)91(66-22-14-10-15-23-66)67-24-16-11-17-25-67)72-42-34-64(35-43-72)82(83(85,86)87,84(88,89)90)65-36-44-73(45-37-65)94(71-40-32-63(9-2)33-41-71)76-48-51-80(60(5)56-76)81(7)53-52-77(57-61(81)6)92(68-26-18-12-19-27-68)69-28-20-13-21-29-69/h8-52,54-57H,1-2,53H2,3-7H3. The van der Waals surface area contributed by atoms with Gasteiger partial charge >= 0.3 is 12.4 Å². The molecule has 0 fully saturated rings. The Morgan fingerprint density at radius 3 is 0.957 bits per heavy atom. The Kier molecular flexibility index (Phi) is 17.5. The van der Waals surface area contributed by atoms with Crippen molar-refractivity contribution in [3.8, 4) is 11.1 Å². The van der Waals surface area contributed by atoms with Crippen molar-refractivity contribution in [3.05, 3.63) is 354 Å². The van der Waals surface area contributed by atoms with Crippen LogP contribution in [0.5, 0.6) is 0 Å². The highest BCUT2D eigenvalue weighted by Crippen LogP contribution is 2.57. The van der Waals surface area contributed by atoms with Crippen molar-refractivity contribution in [2.45, 2.75) is 64.2 Å². The summed E-state index contributed by atoms with van der Waals surface area (Å²) in [7, 11) is 0. The predicted octanol–water partition coefficient (Wildman–Crippen LogP) is 24.7. The van der Waals surface area contributed by atoms with E-state index in [1.807, 2.05) is 175 Å². The fourth-order valence-corrected chi connectivity index (χ4v) is 13.3. The number of para-hydroxylation sites is 4. The van der Waals surface area contributed by atoms with E-state index in [0.717, 1.165) is 108 Å². The Bertz CT molecular complexity index is 4470. The summed E-state index contributed by atoms with van der Waals surface area (Å²) >= 11 is 0. The Morgan fingerprint density at radius 1 is 0.351 bits per heavy atom. The molecule has 0 N–H and O–H groups in total. The summed E-state index contributed by atoms with van der Waals surface area (Å²) in [5.74, 6) is 0. The van der Waals surface area contributed by atoms with E-state index in [4.69, 9.17) is 0 Å². The normalized spacial score (nSPS) is 14.1. The number of hydrogen-bond donors (Lipinski definition) is 0. The van der Waals surface area contributed by atoms with Gasteiger partial charge in [-0.1, -0.05) is 183 Å². The van der Waals surface area contributed by atoms with Gasteiger partial charge in [-0.25, -0.2) is 0 Å². The van der Waals surface area contributed by atoms with Crippen molar-refractivity contribution in [2.24, 2.45) is 0 Å². The molecule has 4 nitrogen and oxygen atoms in total. The number of alkyl halides is 6. The third-order valence-corrected chi connectivity index (χ3v) is 18.3. The first kappa shape index (κ1) is 63.3. The predicted molar refractivity (Wildman–Crippen MR) is 378 cm³/mol. The Labute approximate surface area is 547 Å². The first-order valence-corrected chi connectivity index (χ1v) is 31.2. The van der Waals surface area contributed by atoms with Gasteiger partial charge in [0.25, 0.3) is 0 Å². The Morgan fingerprint density at radius 2 is 0.649 bits per heavy atom. The fourth-order valence-electron chi connectivity index (χ4n) is 13.3. The monoisotopic (exact) mass is 1250 g/mol. The summed E-state index contributed by atoms with van der Waals surface area (Å²) in [4.78, 5) is 8.13. The number of allylic oxidation sites excluding steroid dienone is 3. The van der Waals surface area contributed by atoms with Crippen LogP contribution in [0.15, 0.2) is 310 Å². The molecule has 0 saturated carbocycles. The minimum Gasteiger partial charge on any atom is -0.311 e. The Balaban J connectivity index is 0.877. The minimum atomic E-state index is -5.84. The van der Waals surface area contributed by atoms with E-state index in [0.29, 0.717) is 40.5 Å². The molecule has 1 atom stereocenters. The first-order valence-electron chi connectivity index (χ1n) is 31.2. The third kappa shape index (κ3) is 12.0. The molecule has 0 bridgehead atoms. The fraction of sp³-hybridized carbons (Fsp3) is 0.119. The largest absolute Gasteiger partial charge is 0.411 e. The highest BCUT2D eigenvalue weighted by molar-refractivity contribution is 5.85. The van der Waals surface area contributed by atoms with Gasteiger partial charge in [0.05, 0.1) is 0 Å². The van der Waals surface area contributed by atoms with Crippen molar-refractivity contribution in [1.29, 1.82) is 0 Å². The summed E-state index contributed by atoms with van der Waals surface area (Å²) in [5, 5.41) is 0. The number of halogens is 6. The van der Waals surface area contributed by atoms with Crippen LogP contribution in [0.2, 0.25) is 0 Å². The molecular formula is C84H70F6N4. The maximum atomic E-state index is 16.2. The van der Waals surface area contributed by atoms with Crippen LogP contribution in [-0.4, -0.2) is 12.4 Å². The summed E-state index contributed by atoms with van der Waals surface area (Å²) < 4.78 is 97.0. The maximum Gasteiger partial charge on any atom is 0.411 e. The lowest BCUT2D eigenvalue weighted by Gasteiger charge is -2.39. The smallest absolute Gasteiger partial charge is 0.311 e. The number of nitrogens with zero attached hydrogens (tertiary/aromatic N) is 4. The number of benzene rings is 11. The third-order valence-electron chi connectivity index (χ3n) is 18.3. The molecule has 0 aromatic heterocycles. The number of aryl methyl sites for hydroxylation is 3. The molecule has 0 heterocycles. The molecule has 0 radical (unpaired) electrons. The van der Waals surface area contributed by atoms with Gasteiger partial charge in [-0.2, -0.15) is 26.3 Å². The molecule has 94 heavy (non-hydrogen) atoms. The van der Waals surface area contributed by atoms with Crippen molar-refractivity contribution in [2.75, 3.05) is 19.6 Å². The van der Waals surface area contributed by atoms with Crippen LogP contribution in [0.25, 0.3) is 23.3 Å². The molecule has 468 valence electrons. The van der Waals surface area contributed by atoms with Gasteiger partial charge in [-0.05, 0) is 229 Å². The lowest BCUT2D eigenvalue weighted by atomic mass is 9.70. The molecule has 0 saturated heterocycles. The maximum absolute atomic E-state index is 16.2. The summed E-state index contributed by atoms with van der Waals surface area (Å²) in [6.07, 6.45) is -3.10. The highest BCUT2D eigenvalue weighted by atomic mass is 19.4. The second kappa shape index (κ2) is 26.0. The molecule has 1 aliphatic rings. The van der Waals surface area contributed by atoms with E-state index in [-0.39, 0.29) is 0 Å². The lowest BCUT2D eigenvalue weighted by molar-refractivity contribution is -0.288. The lowest BCUT2D eigenvalue weighted by Crippen LogP contribution is -2.54. The van der Waals surface area contributed by atoms with E-state index in [1.165, 1.54) is 24.3 Å². The molecule has 1 aliphatic carbocycles. The second-order valence-corrected chi connectivity index (χ2v) is 24.1. The molecule has 1 unspecified atom stereocenters. The number of anilines is 11. The quantitative estimate of drug-likeness (QED) is 0.0794. The van der Waals surface area contributed by atoms with E-state index in [9.17, 15) is 0 Å². The molecule has 0 amide bonds. The van der Waals surface area contributed by atoms with Gasteiger partial charge < -0.3 is 19.6 Å². The molecular weight excluding hydrogens is 1180 g/mol. The van der Waals surface area contributed by atoms with Crippen LogP contribution in [-0.2, 0) is 10.8 Å². The average molecular weight is 1250 g/mol. The molecule has 11 aromatic rings. The van der Waals surface area contributed by atoms with Gasteiger partial charge in [0.1, 0.15) is 0 Å².